The summed E-state index contributed by atoms with van der Waals surface area (Å²) in [5.74, 6) is 0.101. The molecule has 0 bridgehead atoms. The number of carbonyl (C=O) groups is 1. The van der Waals surface area contributed by atoms with Crippen LogP contribution >= 0.6 is 31.9 Å². The van der Waals surface area contributed by atoms with E-state index >= 15 is 0 Å². The average Bonchev–Trinajstić information content (AvgIpc) is 2.64. The van der Waals surface area contributed by atoms with Crippen LogP contribution in [-0.4, -0.2) is 25.7 Å². The molecule has 94 valence electrons. The van der Waals surface area contributed by atoms with Gasteiger partial charge in [0.2, 0.25) is 0 Å². The lowest BCUT2D eigenvalue weighted by Crippen LogP contribution is -2.14. The van der Waals surface area contributed by atoms with Gasteiger partial charge >= 0.3 is 0 Å². The molecular weight excluding hydrogens is 366 g/mol. The predicted molar refractivity (Wildman–Crippen MR) is 73.3 cm³/mol. The summed E-state index contributed by atoms with van der Waals surface area (Å²) in [6.07, 6.45) is 3.03. The molecule has 0 radical (unpaired) electrons. The Morgan fingerprint density at radius 2 is 2.11 bits per heavy atom. The molecule has 0 aliphatic heterocycles. The number of hydrogen-bond acceptors (Lipinski definition) is 4. The van der Waals surface area contributed by atoms with E-state index < -0.39 is 0 Å². The van der Waals surface area contributed by atoms with Gasteiger partial charge in [0.05, 0.1) is 18.0 Å². The van der Waals surface area contributed by atoms with Gasteiger partial charge in [0.25, 0.3) is 5.91 Å². The number of rotatable bonds is 2. The van der Waals surface area contributed by atoms with Gasteiger partial charge in [0, 0.05) is 12.7 Å². The molecule has 0 aliphatic carbocycles. The molecule has 2 aromatic rings. The predicted octanol–water partition coefficient (Wildman–Crippen LogP) is 2.30. The van der Waals surface area contributed by atoms with Crippen molar-refractivity contribution in [1.82, 2.24) is 19.7 Å². The first-order chi connectivity index (χ1) is 8.49. The second-order valence-corrected chi connectivity index (χ2v) is 5.12. The molecular formula is C10H9Br2N5O. The monoisotopic (exact) mass is 373 g/mol. The number of halogens is 2. The van der Waals surface area contributed by atoms with Crippen LogP contribution in [0.3, 0.4) is 0 Å². The summed E-state index contributed by atoms with van der Waals surface area (Å²) >= 11 is 6.43. The molecule has 0 fully saturated rings. The van der Waals surface area contributed by atoms with Crippen molar-refractivity contribution in [1.29, 1.82) is 0 Å². The highest BCUT2D eigenvalue weighted by molar-refractivity contribution is 9.11. The minimum atomic E-state index is -0.266. The first-order valence-electron chi connectivity index (χ1n) is 4.97. The smallest absolute Gasteiger partial charge is 0.260 e. The van der Waals surface area contributed by atoms with Gasteiger partial charge in [0.15, 0.2) is 5.82 Å². The molecule has 0 aromatic carbocycles. The molecule has 8 heteroatoms. The highest BCUT2D eigenvalue weighted by atomic mass is 79.9. The molecule has 0 aliphatic rings. The number of aromatic nitrogens is 4. The summed E-state index contributed by atoms with van der Waals surface area (Å²) in [7, 11) is 1.78. The van der Waals surface area contributed by atoms with Crippen LogP contribution in [0.5, 0.6) is 0 Å². The van der Waals surface area contributed by atoms with Crippen LogP contribution in [0.1, 0.15) is 16.1 Å². The average molecular weight is 375 g/mol. The van der Waals surface area contributed by atoms with Crippen molar-refractivity contribution in [2.45, 2.75) is 6.92 Å². The molecule has 18 heavy (non-hydrogen) atoms. The number of amides is 1. The minimum absolute atomic E-state index is 0.266. The second kappa shape index (κ2) is 5.15. The van der Waals surface area contributed by atoms with Crippen molar-refractivity contribution < 1.29 is 4.79 Å². The van der Waals surface area contributed by atoms with E-state index in [1.165, 1.54) is 12.4 Å². The maximum absolute atomic E-state index is 12.0. The van der Waals surface area contributed by atoms with Gasteiger partial charge in [-0.3, -0.25) is 9.48 Å². The Morgan fingerprint density at radius 1 is 1.39 bits per heavy atom. The van der Waals surface area contributed by atoms with Gasteiger partial charge in [-0.25, -0.2) is 9.97 Å². The number of nitrogens with zero attached hydrogens (tertiary/aromatic N) is 4. The molecule has 2 aromatic heterocycles. The summed E-state index contributed by atoms with van der Waals surface area (Å²) in [5, 5.41) is 6.69. The second-order valence-electron chi connectivity index (χ2n) is 3.55. The third-order valence-corrected chi connectivity index (χ3v) is 3.35. The molecule has 6 nitrogen and oxygen atoms in total. The fourth-order valence-corrected chi connectivity index (χ4v) is 2.24. The summed E-state index contributed by atoms with van der Waals surface area (Å²) in [6.45, 7) is 1.82. The minimum Gasteiger partial charge on any atom is -0.304 e. The Morgan fingerprint density at radius 3 is 2.67 bits per heavy atom. The van der Waals surface area contributed by atoms with E-state index in [2.05, 4.69) is 52.2 Å². The maximum atomic E-state index is 12.0. The SMILES string of the molecule is Cc1c(C(=O)Nc2ncc(Br)nc2Br)cnn1C. The fourth-order valence-electron chi connectivity index (χ4n) is 1.33. The van der Waals surface area contributed by atoms with Gasteiger partial charge in [-0.2, -0.15) is 5.10 Å². The Kier molecular flexibility index (Phi) is 3.76. The van der Waals surface area contributed by atoms with Crippen molar-refractivity contribution in [2.75, 3.05) is 5.32 Å². The van der Waals surface area contributed by atoms with E-state index in [4.69, 9.17) is 0 Å². The summed E-state index contributed by atoms with van der Waals surface area (Å²) in [5.41, 5.74) is 1.29. The lowest BCUT2D eigenvalue weighted by Gasteiger charge is -2.05. The van der Waals surface area contributed by atoms with Gasteiger partial charge in [0.1, 0.15) is 9.21 Å². The standard InChI is InChI=1S/C10H9Br2N5O/c1-5-6(3-14-17(5)2)10(18)16-9-8(12)15-7(11)4-13-9/h3-4H,1-2H3,(H,13,16,18). The van der Waals surface area contributed by atoms with Gasteiger partial charge in [-0.05, 0) is 38.8 Å². The number of nitrogens with one attached hydrogen (secondary N) is 1. The van der Waals surface area contributed by atoms with Crippen LogP contribution in [0.15, 0.2) is 21.6 Å². The third-order valence-electron chi connectivity index (χ3n) is 2.41. The lowest BCUT2D eigenvalue weighted by atomic mass is 10.2. The van der Waals surface area contributed by atoms with Crippen molar-refractivity contribution >= 4 is 43.6 Å². The van der Waals surface area contributed by atoms with E-state index in [1.807, 2.05) is 6.92 Å². The Hall–Kier alpha value is -1.28. The summed E-state index contributed by atoms with van der Waals surface area (Å²) in [6, 6.07) is 0. The fraction of sp³-hybridized carbons (Fsp3) is 0.200. The van der Waals surface area contributed by atoms with Gasteiger partial charge < -0.3 is 5.32 Å². The topological polar surface area (TPSA) is 72.7 Å². The first kappa shape index (κ1) is 13.2. The van der Waals surface area contributed by atoms with Gasteiger partial charge in [-0.1, -0.05) is 0 Å². The molecule has 0 saturated carbocycles. The van der Waals surface area contributed by atoms with E-state index in [0.29, 0.717) is 20.6 Å². The molecule has 0 unspecified atom stereocenters. The number of aryl methyl sites for hydroxylation is 1. The molecule has 0 spiro atoms. The van der Waals surface area contributed by atoms with E-state index in [1.54, 1.807) is 11.7 Å². The molecule has 2 heterocycles. The normalized spacial score (nSPS) is 10.4. The number of hydrogen-bond donors (Lipinski definition) is 1. The number of carbonyl (C=O) groups excluding carboxylic acids is 1. The van der Waals surface area contributed by atoms with Crippen molar-refractivity contribution in [2.24, 2.45) is 7.05 Å². The third kappa shape index (κ3) is 2.59. The van der Waals surface area contributed by atoms with Crippen molar-refractivity contribution in [3.63, 3.8) is 0 Å². The zero-order valence-electron chi connectivity index (χ0n) is 9.61. The van der Waals surface area contributed by atoms with Crippen LogP contribution < -0.4 is 5.32 Å². The first-order valence-corrected chi connectivity index (χ1v) is 6.55. The largest absolute Gasteiger partial charge is 0.304 e. The molecule has 1 N–H and O–H groups in total. The van der Waals surface area contributed by atoms with Crippen LogP contribution in [0.4, 0.5) is 5.82 Å². The van der Waals surface area contributed by atoms with Crippen molar-refractivity contribution in [3.05, 3.63) is 32.9 Å². The highest BCUT2D eigenvalue weighted by Gasteiger charge is 2.15. The molecule has 1 amide bonds. The quantitative estimate of drug-likeness (QED) is 0.875. The summed E-state index contributed by atoms with van der Waals surface area (Å²) in [4.78, 5) is 20.2. The van der Waals surface area contributed by atoms with Gasteiger partial charge in [-0.15, -0.1) is 0 Å². The Bertz CT molecular complexity index is 610. The van der Waals surface area contributed by atoms with Crippen LogP contribution in [-0.2, 0) is 7.05 Å². The van der Waals surface area contributed by atoms with Crippen LogP contribution in [0.2, 0.25) is 0 Å². The Balaban J connectivity index is 2.24. The highest BCUT2D eigenvalue weighted by Crippen LogP contribution is 2.20. The molecule has 0 atom stereocenters. The lowest BCUT2D eigenvalue weighted by molar-refractivity contribution is 0.102. The maximum Gasteiger partial charge on any atom is 0.260 e. The van der Waals surface area contributed by atoms with Crippen LogP contribution in [0, 0.1) is 6.92 Å². The Labute approximate surface area is 120 Å². The van der Waals surface area contributed by atoms with E-state index in [9.17, 15) is 4.79 Å². The van der Waals surface area contributed by atoms with E-state index in [0.717, 1.165) is 5.69 Å². The van der Waals surface area contributed by atoms with Crippen molar-refractivity contribution in [3.8, 4) is 0 Å². The van der Waals surface area contributed by atoms with Crippen LogP contribution in [0.25, 0.3) is 0 Å². The summed E-state index contributed by atoms with van der Waals surface area (Å²) < 4.78 is 2.69. The zero-order valence-corrected chi connectivity index (χ0v) is 12.8. The van der Waals surface area contributed by atoms with E-state index in [-0.39, 0.29) is 5.91 Å². The molecule has 0 saturated heterocycles. The molecule has 2 rings (SSSR count). The number of anilines is 1. The zero-order chi connectivity index (χ0) is 13.3.